The first-order chi connectivity index (χ1) is 14.7. The average Bonchev–Trinajstić information content (AvgIpc) is 3.48. The van der Waals surface area contributed by atoms with Gasteiger partial charge < -0.3 is 10.6 Å². The van der Waals surface area contributed by atoms with Crippen LogP contribution in [0.15, 0.2) is 46.7 Å². The second kappa shape index (κ2) is 8.06. The number of carbonyl (C=O) groups is 3. The smallest absolute Gasteiger partial charge is 0.324 e. The van der Waals surface area contributed by atoms with Gasteiger partial charge in [0.05, 0.1) is 4.90 Å². The maximum absolute atomic E-state index is 12.8. The molecule has 0 saturated carbocycles. The highest BCUT2D eigenvalue weighted by Crippen LogP contribution is 2.31. The van der Waals surface area contributed by atoms with E-state index in [9.17, 15) is 22.8 Å². The van der Waals surface area contributed by atoms with Crippen LogP contribution in [0, 0.1) is 0 Å². The van der Waals surface area contributed by atoms with Crippen LogP contribution in [-0.4, -0.2) is 55.1 Å². The topological polar surface area (TPSA) is 116 Å². The molecular weight excluding hydrogens is 440 g/mol. The van der Waals surface area contributed by atoms with E-state index in [1.54, 1.807) is 36.6 Å². The zero-order valence-corrected chi connectivity index (χ0v) is 18.5. The molecular formula is C20H22N4O5S2. The number of hydrogen-bond acceptors (Lipinski definition) is 6. The fourth-order valence-corrected chi connectivity index (χ4v) is 6.13. The van der Waals surface area contributed by atoms with Gasteiger partial charge in [0.15, 0.2) is 5.54 Å². The standard InChI is InChI=1S/C20H22N4O5S2/c1-20(16-8-5-11-30-16)18(26)24(19(27)22-20)13-17(25)21-14-6-4-7-15(12-14)31(28,29)23-9-2-3-10-23/h4-8,11-12H,2-3,9-10,13H2,1H3,(H,21,25)(H,22,27). The Kier molecular flexibility index (Phi) is 5.58. The maximum Gasteiger partial charge on any atom is 0.325 e. The first-order valence-electron chi connectivity index (χ1n) is 9.80. The van der Waals surface area contributed by atoms with E-state index in [0.29, 0.717) is 18.0 Å². The molecule has 3 heterocycles. The summed E-state index contributed by atoms with van der Waals surface area (Å²) in [4.78, 5) is 39.3. The molecule has 0 aliphatic carbocycles. The summed E-state index contributed by atoms with van der Waals surface area (Å²) >= 11 is 1.34. The second-order valence-corrected chi connectivity index (χ2v) is 10.5. The number of imide groups is 1. The van der Waals surface area contributed by atoms with Crippen molar-refractivity contribution in [3.63, 3.8) is 0 Å². The molecule has 1 atom stereocenters. The first-order valence-corrected chi connectivity index (χ1v) is 12.1. The molecule has 0 spiro atoms. The lowest BCUT2D eigenvalue weighted by Crippen LogP contribution is -2.41. The number of amides is 4. The number of anilines is 1. The van der Waals surface area contributed by atoms with Crippen LogP contribution in [0.3, 0.4) is 0 Å². The Balaban J connectivity index is 1.46. The second-order valence-electron chi connectivity index (χ2n) is 7.61. The highest BCUT2D eigenvalue weighted by molar-refractivity contribution is 7.89. The summed E-state index contributed by atoms with van der Waals surface area (Å²) in [6, 6.07) is 8.84. The maximum atomic E-state index is 12.8. The number of urea groups is 1. The molecule has 31 heavy (non-hydrogen) atoms. The summed E-state index contributed by atoms with van der Waals surface area (Å²) in [6.45, 7) is 2.08. The summed E-state index contributed by atoms with van der Waals surface area (Å²) in [5, 5.41) is 7.03. The number of hydrogen-bond donors (Lipinski definition) is 2. The average molecular weight is 463 g/mol. The normalized spacial score (nSPS) is 22.0. The third-order valence-corrected chi connectivity index (χ3v) is 8.40. The molecule has 1 aromatic heterocycles. The van der Waals surface area contributed by atoms with Gasteiger partial charge in [-0.1, -0.05) is 12.1 Å². The van der Waals surface area contributed by atoms with Crippen molar-refractivity contribution in [2.45, 2.75) is 30.2 Å². The molecule has 164 valence electrons. The van der Waals surface area contributed by atoms with E-state index in [2.05, 4.69) is 10.6 Å². The fraction of sp³-hybridized carbons (Fsp3) is 0.350. The molecule has 2 aliphatic rings. The zero-order chi connectivity index (χ0) is 22.2. The summed E-state index contributed by atoms with van der Waals surface area (Å²) in [5.41, 5.74) is -0.937. The Morgan fingerprint density at radius 3 is 2.61 bits per heavy atom. The van der Waals surface area contributed by atoms with E-state index in [4.69, 9.17) is 0 Å². The number of rotatable bonds is 6. The van der Waals surface area contributed by atoms with Crippen molar-refractivity contribution in [2.75, 3.05) is 25.0 Å². The molecule has 11 heteroatoms. The van der Waals surface area contributed by atoms with Crippen molar-refractivity contribution in [1.82, 2.24) is 14.5 Å². The van der Waals surface area contributed by atoms with Gasteiger partial charge in [0, 0.05) is 23.7 Å². The van der Waals surface area contributed by atoms with Gasteiger partial charge in [0.2, 0.25) is 15.9 Å². The van der Waals surface area contributed by atoms with Crippen LogP contribution in [0.25, 0.3) is 0 Å². The molecule has 1 aromatic carbocycles. The van der Waals surface area contributed by atoms with Gasteiger partial charge in [-0.2, -0.15) is 4.31 Å². The van der Waals surface area contributed by atoms with E-state index in [0.717, 1.165) is 17.7 Å². The van der Waals surface area contributed by atoms with Gasteiger partial charge in [0.25, 0.3) is 5.91 Å². The lowest BCUT2D eigenvalue weighted by molar-refractivity contribution is -0.133. The number of carbonyl (C=O) groups excluding carboxylic acids is 3. The van der Waals surface area contributed by atoms with E-state index >= 15 is 0 Å². The lowest BCUT2D eigenvalue weighted by Gasteiger charge is -2.20. The molecule has 2 N–H and O–H groups in total. The SMILES string of the molecule is CC1(c2cccs2)NC(=O)N(CC(=O)Nc2cccc(S(=O)(=O)N3CCCC3)c2)C1=O. The van der Waals surface area contributed by atoms with Crippen LogP contribution in [0.2, 0.25) is 0 Å². The number of benzene rings is 1. The minimum Gasteiger partial charge on any atom is -0.324 e. The van der Waals surface area contributed by atoms with Crippen molar-refractivity contribution in [2.24, 2.45) is 0 Å². The summed E-state index contributed by atoms with van der Waals surface area (Å²) < 4.78 is 26.9. The van der Waals surface area contributed by atoms with Crippen LogP contribution < -0.4 is 10.6 Å². The molecule has 1 unspecified atom stereocenters. The molecule has 2 fully saturated rings. The number of sulfonamides is 1. The molecule has 9 nitrogen and oxygen atoms in total. The largest absolute Gasteiger partial charge is 0.325 e. The van der Waals surface area contributed by atoms with Gasteiger partial charge in [-0.25, -0.2) is 13.2 Å². The monoisotopic (exact) mass is 462 g/mol. The van der Waals surface area contributed by atoms with Crippen LogP contribution >= 0.6 is 11.3 Å². The van der Waals surface area contributed by atoms with Gasteiger partial charge in [0.1, 0.15) is 6.54 Å². The predicted molar refractivity (Wildman–Crippen MR) is 115 cm³/mol. The van der Waals surface area contributed by atoms with Crippen LogP contribution in [0.1, 0.15) is 24.6 Å². The molecule has 0 radical (unpaired) electrons. The lowest BCUT2D eigenvalue weighted by atomic mass is 10.0. The quantitative estimate of drug-likeness (QED) is 0.637. The number of nitrogens with one attached hydrogen (secondary N) is 2. The molecule has 2 aromatic rings. The van der Waals surface area contributed by atoms with Gasteiger partial charge in [-0.3, -0.25) is 14.5 Å². The molecule has 2 aliphatic heterocycles. The highest BCUT2D eigenvalue weighted by atomic mass is 32.2. The Morgan fingerprint density at radius 2 is 1.94 bits per heavy atom. The van der Waals surface area contributed by atoms with Crippen LogP contribution in [0.5, 0.6) is 0 Å². The van der Waals surface area contributed by atoms with Crippen molar-refractivity contribution in [1.29, 1.82) is 0 Å². The highest BCUT2D eigenvalue weighted by Gasteiger charge is 2.50. The fourth-order valence-electron chi connectivity index (χ4n) is 3.73. The number of thiophene rings is 1. The first kappa shape index (κ1) is 21.5. The van der Waals surface area contributed by atoms with Crippen molar-refractivity contribution in [3.05, 3.63) is 46.7 Å². The minimum atomic E-state index is -3.62. The number of nitrogens with zero attached hydrogens (tertiary/aromatic N) is 2. The Bertz CT molecular complexity index is 1130. The Labute approximate surface area is 184 Å². The van der Waals surface area contributed by atoms with Crippen molar-refractivity contribution in [3.8, 4) is 0 Å². The van der Waals surface area contributed by atoms with Crippen LogP contribution in [0.4, 0.5) is 10.5 Å². The zero-order valence-electron chi connectivity index (χ0n) is 16.8. The van der Waals surface area contributed by atoms with E-state index in [1.807, 2.05) is 0 Å². The molecule has 2 saturated heterocycles. The van der Waals surface area contributed by atoms with E-state index < -0.39 is 40.0 Å². The van der Waals surface area contributed by atoms with Gasteiger partial charge >= 0.3 is 6.03 Å². The third-order valence-electron chi connectivity index (χ3n) is 5.41. The Hall–Kier alpha value is -2.76. The summed E-state index contributed by atoms with van der Waals surface area (Å²) in [7, 11) is -3.62. The van der Waals surface area contributed by atoms with Crippen LogP contribution in [-0.2, 0) is 25.2 Å². The molecule has 4 amide bonds. The molecule has 4 rings (SSSR count). The van der Waals surface area contributed by atoms with E-state index in [1.165, 1.54) is 27.8 Å². The third kappa shape index (κ3) is 3.95. The molecule has 0 bridgehead atoms. The van der Waals surface area contributed by atoms with E-state index in [-0.39, 0.29) is 10.6 Å². The predicted octanol–water partition coefficient (Wildman–Crippen LogP) is 1.94. The Morgan fingerprint density at radius 1 is 1.19 bits per heavy atom. The van der Waals surface area contributed by atoms with Crippen molar-refractivity contribution < 1.29 is 22.8 Å². The van der Waals surface area contributed by atoms with Gasteiger partial charge in [-0.05, 0) is 49.4 Å². The summed E-state index contributed by atoms with van der Waals surface area (Å²) in [5.74, 6) is -1.12. The van der Waals surface area contributed by atoms with Gasteiger partial charge in [-0.15, -0.1) is 11.3 Å². The minimum absolute atomic E-state index is 0.0902. The van der Waals surface area contributed by atoms with Crippen molar-refractivity contribution >= 4 is 44.9 Å². The summed E-state index contributed by atoms with van der Waals surface area (Å²) in [6.07, 6.45) is 1.65.